The quantitative estimate of drug-likeness (QED) is 0.456. The van der Waals surface area contributed by atoms with Crippen LogP contribution in [0.25, 0.3) is 0 Å². The fourth-order valence-electron chi connectivity index (χ4n) is 3.21. The number of carbonyl (C=O) groups is 4. The SMILES string of the molecule is CCC(C)(C)C(=O)OCC(=O)OCC(=O)OC1C2CC3C(=O)OC1C3O2. The lowest BCUT2D eigenvalue weighted by Gasteiger charge is -2.22. The molecule has 3 saturated heterocycles. The third-order valence-electron chi connectivity index (χ3n) is 5.16. The normalized spacial score (nSPS) is 31.5. The van der Waals surface area contributed by atoms with Crippen LogP contribution in [-0.2, 0) is 42.9 Å². The largest absolute Gasteiger partial charge is 0.455 e. The molecule has 9 heteroatoms. The Morgan fingerprint density at radius 3 is 2.50 bits per heavy atom. The highest BCUT2D eigenvalue weighted by atomic mass is 16.7. The van der Waals surface area contributed by atoms with E-state index in [0.717, 1.165) is 0 Å². The van der Waals surface area contributed by atoms with E-state index in [9.17, 15) is 19.2 Å². The summed E-state index contributed by atoms with van der Waals surface area (Å²) < 4.78 is 25.6. The molecule has 0 radical (unpaired) electrons. The van der Waals surface area contributed by atoms with Crippen molar-refractivity contribution in [3.05, 3.63) is 0 Å². The Kier molecular flexibility index (Phi) is 4.92. The van der Waals surface area contributed by atoms with Crippen molar-refractivity contribution in [3.63, 3.8) is 0 Å². The second kappa shape index (κ2) is 6.86. The summed E-state index contributed by atoms with van der Waals surface area (Å²) >= 11 is 0. The lowest BCUT2D eigenvalue weighted by molar-refractivity contribution is -0.173. The number of hydrogen-bond donors (Lipinski definition) is 0. The van der Waals surface area contributed by atoms with Gasteiger partial charge in [-0.3, -0.25) is 9.59 Å². The Labute approximate surface area is 150 Å². The number of carbonyl (C=O) groups excluding carboxylic acids is 4. The van der Waals surface area contributed by atoms with E-state index in [1.807, 2.05) is 6.92 Å². The lowest BCUT2D eigenvalue weighted by Crippen LogP contribution is -2.40. The summed E-state index contributed by atoms with van der Waals surface area (Å²) in [5.41, 5.74) is -0.697. The fraction of sp³-hybridized carbons (Fsp3) is 0.765. The smallest absolute Gasteiger partial charge is 0.344 e. The summed E-state index contributed by atoms with van der Waals surface area (Å²) in [4.78, 5) is 46.8. The van der Waals surface area contributed by atoms with E-state index in [2.05, 4.69) is 0 Å². The zero-order valence-electron chi connectivity index (χ0n) is 14.9. The molecule has 3 rings (SSSR count). The number of ether oxygens (including phenoxy) is 5. The van der Waals surface area contributed by atoms with E-state index >= 15 is 0 Å². The lowest BCUT2D eigenvalue weighted by atomic mass is 9.88. The van der Waals surface area contributed by atoms with Crippen LogP contribution in [0.3, 0.4) is 0 Å². The average Bonchev–Trinajstić information content (AvgIpc) is 3.22. The third-order valence-corrected chi connectivity index (χ3v) is 5.16. The minimum atomic E-state index is -0.848. The van der Waals surface area contributed by atoms with Gasteiger partial charge in [0.2, 0.25) is 0 Å². The molecule has 0 spiro atoms. The van der Waals surface area contributed by atoms with E-state index in [-0.39, 0.29) is 24.1 Å². The Morgan fingerprint density at radius 1 is 1.12 bits per heavy atom. The highest BCUT2D eigenvalue weighted by Gasteiger charge is 2.65. The molecule has 0 saturated carbocycles. The standard InChI is InChI=1S/C17H22O9/c1-4-17(2,3)16(21)23-6-10(18)22-7-11(19)25-13-9-5-8-12(24-9)14(13)26-15(8)20/h8-9,12-14H,4-7H2,1-3H3. The maximum Gasteiger partial charge on any atom is 0.344 e. The monoisotopic (exact) mass is 370 g/mol. The molecule has 3 heterocycles. The molecular formula is C17H22O9. The summed E-state index contributed by atoms with van der Waals surface area (Å²) in [7, 11) is 0. The van der Waals surface area contributed by atoms with Gasteiger partial charge in [0.05, 0.1) is 17.4 Å². The van der Waals surface area contributed by atoms with E-state index in [1.54, 1.807) is 13.8 Å². The van der Waals surface area contributed by atoms with Crippen molar-refractivity contribution in [2.24, 2.45) is 11.3 Å². The summed E-state index contributed by atoms with van der Waals surface area (Å²) in [5, 5.41) is 0. The second-order valence-electron chi connectivity index (χ2n) is 7.31. The van der Waals surface area contributed by atoms with Crippen LogP contribution in [0.2, 0.25) is 0 Å². The van der Waals surface area contributed by atoms with Crippen molar-refractivity contribution >= 4 is 23.9 Å². The van der Waals surface area contributed by atoms with Gasteiger partial charge in [-0.15, -0.1) is 0 Å². The molecule has 0 N–H and O–H groups in total. The van der Waals surface area contributed by atoms with Gasteiger partial charge in [-0.05, 0) is 26.7 Å². The van der Waals surface area contributed by atoms with Crippen molar-refractivity contribution in [1.29, 1.82) is 0 Å². The first-order valence-electron chi connectivity index (χ1n) is 8.61. The maximum absolute atomic E-state index is 11.9. The number of rotatable bonds is 7. The molecule has 9 nitrogen and oxygen atoms in total. The van der Waals surface area contributed by atoms with Crippen LogP contribution in [0.4, 0.5) is 0 Å². The molecule has 3 aliphatic heterocycles. The van der Waals surface area contributed by atoms with Crippen LogP contribution in [0.15, 0.2) is 0 Å². The van der Waals surface area contributed by atoms with Gasteiger partial charge in [0.15, 0.2) is 25.4 Å². The first-order valence-corrected chi connectivity index (χ1v) is 8.61. The molecular weight excluding hydrogens is 348 g/mol. The Hall–Kier alpha value is -2.16. The van der Waals surface area contributed by atoms with E-state index < -0.39 is 48.7 Å². The van der Waals surface area contributed by atoms with Crippen molar-refractivity contribution in [1.82, 2.24) is 0 Å². The molecule has 3 fully saturated rings. The van der Waals surface area contributed by atoms with Gasteiger partial charge in [0.25, 0.3) is 0 Å². The second-order valence-corrected chi connectivity index (χ2v) is 7.31. The Balaban J connectivity index is 1.39. The Morgan fingerprint density at radius 2 is 1.81 bits per heavy atom. The summed E-state index contributed by atoms with van der Waals surface area (Å²) in [6, 6.07) is 0. The van der Waals surface area contributed by atoms with Gasteiger partial charge in [0, 0.05) is 0 Å². The van der Waals surface area contributed by atoms with Gasteiger partial charge in [-0.1, -0.05) is 6.92 Å². The van der Waals surface area contributed by atoms with Gasteiger partial charge >= 0.3 is 23.9 Å². The van der Waals surface area contributed by atoms with Gasteiger partial charge < -0.3 is 23.7 Å². The molecule has 3 aliphatic rings. The highest BCUT2D eigenvalue weighted by molar-refractivity contribution is 5.81. The van der Waals surface area contributed by atoms with Crippen molar-refractivity contribution < 1.29 is 42.9 Å². The number of hydrogen-bond acceptors (Lipinski definition) is 9. The van der Waals surface area contributed by atoms with Gasteiger partial charge in [0.1, 0.15) is 6.10 Å². The minimum absolute atomic E-state index is 0.278. The third kappa shape index (κ3) is 3.40. The molecule has 0 aromatic rings. The van der Waals surface area contributed by atoms with Crippen LogP contribution in [0, 0.1) is 11.3 Å². The zero-order chi connectivity index (χ0) is 19.1. The van der Waals surface area contributed by atoms with Crippen LogP contribution >= 0.6 is 0 Å². The fourth-order valence-corrected chi connectivity index (χ4v) is 3.21. The Bertz CT molecular complexity index is 626. The first kappa shape index (κ1) is 18.6. The molecule has 5 atom stereocenters. The topological polar surface area (TPSA) is 114 Å². The predicted molar refractivity (Wildman–Crippen MR) is 82.5 cm³/mol. The molecule has 0 aromatic heterocycles. The summed E-state index contributed by atoms with van der Waals surface area (Å²) in [5.74, 6) is -2.75. The van der Waals surface area contributed by atoms with Crippen LogP contribution in [0.1, 0.15) is 33.6 Å². The predicted octanol–water partition coefficient (Wildman–Crippen LogP) is 0.134. The van der Waals surface area contributed by atoms with Crippen molar-refractivity contribution in [2.45, 2.75) is 58.0 Å². The van der Waals surface area contributed by atoms with Crippen molar-refractivity contribution in [3.8, 4) is 0 Å². The van der Waals surface area contributed by atoms with Crippen LogP contribution < -0.4 is 0 Å². The molecule has 0 amide bonds. The summed E-state index contributed by atoms with van der Waals surface area (Å²) in [6.07, 6.45) is -1.00. The number of esters is 4. The molecule has 0 aliphatic carbocycles. The first-order chi connectivity index (χ1) is 12.2. The van der Waals surface area contributed by atoms with E-state index in [0.29, 0.717) is 12.8 Å². The van der Waals surface area contributed by atoms with Crippen molar-refractivity contribution in [2.75, 3.05) is 13.2 Å². The average molecular weight is 370 g/mol. The van der Waals surface area contributed by atoms with Gasteiger partial charge in [-0.2, -0.15) is 0 Å². The zero-order valence-corrected chi connectivity index (χ0v) is 14.9. The van der Waals surface area contributed by atoms with Gasteiger partial charge in [-0.25, -0.2) is 9.59 Å². The molecule has 144 valence electrons. The molecule has 2 bridgehead atoms. The van der Waals surface area contributed by atoms with Crippen LogP contribution in [-0.4, -0.2) is 61.5 Å². The van der Waals surface area contributed by atoms with E-state index in [4.69, 9.17) is 23.7 Å². The minimum Gasteiger partial charge on any atom is -0.455 e. The summed E-state index contributed by atoms with van der Waals surface area (Å²) in [6.45, 7) is 4.05. The van der Waals surface area contributed by atoms with Crippen LogP contribution in [0.5, 0.6) is 0 Å². The molecule has 0 aromatic carbocycles. The highest BCUT2D eigenvalue weighted by Crippen LogP contribution is 2.47. The number of fused-ring (bicyclic) bond motifs is 1. The molecule has 5 unspecified atom stereocenters. The van der Waals surface area contributed by atoms with E-state index in [1.165, 1.54) is 0 Å². The molecule has 26 heavy (non-hydrogen) atoms. The maximum atomic E-state index is 11.9.